The van der Waals surface area contributed by atoms with E-state index in [1.807, 2.05) is 29.2 Å². The normalized spacial score (nSPS) is 25.8. The van der Waals surface area contributed by atoms with Crippen LogP contribution in [0.4, 0.5) is 5.69 Å². The largest absolute Gasteiger partial charge is 0.490 e. The number of anilines is 1. The molecule has 0 bridgehead atoms. The van der Waals surface area contributed by atoms with E-state index in [1.54, 1.807) is 0 Å². The van der Waals surface area contributed by atoms with Crippen LogP contribution >= 0.6 is 0 Å². The first-order valence-corrected chi connectivity index (χ1v) is 7.04. The van der Waals surface area contributed by atoms with Gasteiger partial charge in [-0.2, -0.15) is 0 Å². The van der Waals surface area contributed by atoms with Crippen molar-refractivity contribution in [3.05, 3.63) is 24.3 Å². The molecule has 0 spiro atoms. The molecule has 2 N–H and O–H groups in total. The van der Waals surface area contributed by atoms with E-state index in [-0.39, 0.29) is 11.8 Å². The Labute approximate surface area is 113 Å². The molecule has 4 nitrogen and oxygen atoms in total. The number of hydrogen-bond donors (Lipinski definition) is 1. The molecule has 0 aromatic heterocycles. The molecule has 1 saturated carbocycles. The van der Waals surface area contributed by atoms with E-state index < -0.39 is 0 Å². The van der Waals surface area contributed by atoms with E-state index >= 15 is 0 Å². The molecule has 4 heteroatoms. The lowest BCUT2D eigenvalue weighted by Crippen LogP contribution is -2.43. The fourth-order valence-corrected chi connectivity index (χ4v) is 3.24. The molecular formula is C15H20N2O2. The minimum atomic E-state index is 0.0937. The summed E-state index contributed by atoms with van der Waals surface area (Å²) in [6.07, 6.45) is 3.17. The molecule has 19 heavy (non-hydrogen) atoms. The van der Waals surface area contributed by atoms with Crippen LogP contribution in [-0.2, 0) is 4.79 Å². The molecular weight excluding hydrogens is 240 g/mol. The highest BCUT2D eigenvalue weighted by atomic mass is 16.5. The number of ether oxygens (including phenoxy) is 1. The number of carbonyl (C=O) groups is 1. The topological polar surface area (TPSA) is 55.6 Å². The molecule has 2 aliphatic rings. The van der Waals surface area contributed by atoms with E-state index in [4.69, 9.17) is 10.5 Å². The second-order valence-electron chi connectivity index (χ2n) is 5.34. The summed E-state index contributed by atoms with van der Waals surface area (Å²) in [7, 11) is 0. The Morgan fingerprint density at radius 1 is 1.37 bits per heavy atom. The Morgan fingerprint density at radius 2 is 2.21 bits per heavy atom. The van der Waals surface area contributed by atoms with Gasteiger partial charge in [0.2, 0.25) is 5.91 Å². The van der Waals surface area contributed by atoms with Crippen LogP contribution < -0.4 is 15.4 Å². The van der Waals surface area contributed by atoms with Gasteiger partial charge in [0, 0.05) is 5.92 Å². The van der Waals surface area contributed by atoms with Gasteiger partial charge in [0.15, 0.2) is 0 Å². The molecule has 1 heterocycles. The molecule has 0 radical (unpaired) electrons. The van der Waals surface area contributed by atoms with Crippen LogP contribution in [0.15, 0.2) is 24.3 Å². The van der Waals surface area contributed by atoms with Gasteiger partial charge in [-0.3, -0.25) is 4.79 Å². The molecule has 2 atom stereocenters. The molecule has 1 aliphatic heterocycles. The second-order valence-corrected chi connectivity index (χ2v) is 5.34. The summed E-state index contributed by atoms with van der Waals surface area (Å²) in [6, 6.07) is 7.76. The van der Waals surface area contributed by atoms with E-state index in [0.717, 1.165) is 30.7 Å². The molecule has 1 aliphatic carbocycles. The van der Waals surface area contributed by atoms with Crippen molar-refractivity contribution in [2.45, 2.75) is 19.3 Å². The molecule has 102 valence electrons. The van der Waals surface area contributed by atoms with Crippen molar-refractivity contribution in [2.75, 3.05) is 24.6 Å². The average Bonchev–Trinajstić information content (AvgIpc) is 2.94. The van der Waals surface area contributed by atoms with Gasteiger partial charge in [-0.1, -0.05) is 18.6 Å². The highest BCUT2D eigenvalue weighted by Gasteiger charge is 2.36. The van der Waals surface area contributed by atoms with Crippen molar-refractivity contribution in [1.82, 2.24) is 0 Å². The standard InChI is InChI=1S/C15H20N2O2/c16-10-11-4-3-5-12(11)15(18)17-8-9-19-14-7-2-1-6-13(14)17/h1-2,6-7,11-12H,3-5,8-10,16H2/t11-,12-/m1/s1. The predicted octanol–water partition coefficient (Wildman–Crippen LogP) is 1.79. The number of fused-ring (bicyclic) bond motifs is 1. The smallest absolute Gasteiger partial charge is 0.230 e. The maximum absolute atomic E-state index is 12.7. The molecule has 1 fully saturated rings. The van der Waals surface area contributed by atoms with Crippen molar-refractivity contribution in [3.63, 3.8) is 0 Å². The highest BCUT2D eigenvalue weighted by Crippen LogP contribution is 2.37. The van der Waals surface area contributed by atoms with E-state index in [2.05, 4.69) is 0 Å². The van der Waals surface area contributed by atoms with Gasteiger partial charge in [-0.05, 0) is 37.4 Å². The zero-order valence-corrected chi connectivity index (χ0v) is 11.0. The number of para-hydroxylation sites is 2. The SMILES string of the molecule is NC[C@H]1CCC[C@H]1C(=O)N1CCOc2ccccc21. The quantitative estimate of drug-likeness (QED) is 0.882. The molecule has 1 aromatic carbocycles. The van der Waals surface area contributed by atoms with E-state index in [0.29, 0.717) is 25.6 Å². The Balaban J connectivity index is 1.85. The van der Waals surface area contributed by atoms with Crippen molar-refractivity contribution in [2.24, 2.45) is 17.6 Å². The highest BCUT2D eigenvalue weighted by molar-refractivity contribution is 5.97. The number of benzene rings is 1. The van der Waals surface area contributed by atoms with Gasteiger partial charge >= 0.3 is 0 Å². The first-order valence-electron chi connectivity index (χ1n) is 7.04. The van der Waals surface area contributed by atoms with Gasteiger partial charge in [-0.25, -0.2) is 0 Å². The van der Waals surface area contributed by atoms with Gasteiger partial charge in [0.25, 0.3) is 0 Å². The lowest BCUT2D eigenvalue weighted by Gasteiger charge is -2.32. The first-order chi connectivity index (χ1) is 9.31. The Kier molecular flexibility index (Phi) is 3.42. The van der Waals surface area contributed by atoms with Crippen LogP contribution in [0.25, 0.3) is 0 Å². The van der Waals surface area contributed by atoms with Crippen LogP contribution in [0.5, 0.6) is 5.75 Å². The maximum atomic E-state index is 12.7. The minimum Gasteiger partial charge on any atom is -0.490 e. The molecule has 1 aromatic rings. The van der Waals surface area contributed by atoms with E-state index in [9.17, 15) is 4.79 Å². The molecule has 3 rings (SSSR count). The zero-order chi connectivity index (χ0) is 13.2. The summed E-state index contributed by atoms with van der Waals surface area (Å²) in [6.45, 7) is 1.83. The van der Waals surface area contributed by atoms with Crippen LogP contribution in [0.3, 0.4) is 0 Å². The summed E-state index contributed by atoms with van der Waals surface area (Å²) in [5.74, 6) is 1.48. The summed E-state index contributed by atoms with van der Waals surface area (Å²) >= 11 is 0. The molecule has 0 saturated heterocycles. The van der Waals surface area contributed by atoms with Crippen molar-refractivity contribution >= 4 is 11.6 Å². The Bertz CT molecular complexity index is 475. The number of rotatable bonds is 2. The second kappa shape index (κ2) is 5.21. The van der Waals surface area contributed by atoms with E-state index in [1.165, 1.54) is 0 Å². The third-order valence-electron chi connectivity index (χ3n) is 4.27. The summed E-state index contributed by atoms with van der Waals surface area (Å²) in [5, 5.41) is 0. The summed E-state index contributed by atoms with van der Waals surface area (Å²) < 4.78 is 5.60. The number of nitrogens with zero attached hydrogens (tertiary/aromatic N) is 1. The third-order valence-corrected chi connectivity index (χ3v) is 4.27. The minimum absolute atomic E-state index is 0.0937. The van der Waals surface area contributed by atoms with Crippen molar-refractivity contribution in [1.29, 1.82) is 0 Å². The van der Waals surface area contributed by atoms with Crippen LogP contribution in [-0.4, -0.2) is 25.6 Å². The average molecular weight is 260 g/mol. The molecule has 0 unspecified atom stereocenters. The van der Waals surface area contributed by atoms with Gasteiger partial charge < -0.3 is 15.4 Å². The predicted molar refractivity (Wildman–Crippen MR) is 74.2 cm³/mol. The fourth-order valence-electron chi connectivity index (χ4n) is 3.24. The monoisotopic (exact) mass is 260 g/mol. The Morgan fingerprint density at radius 3 is 3.05 bits per heavy atom. The summed E-state index contributed by atoms with van der Waals surface area (Å²) in [5.41, 5.74) is 6.69. The zero-order valence-electron chi connectivity index (χ0n) is 11.0. The van der Waals surface area contributed by atoms with Gasteiger partial charge in [0.05, 0.1) is 12.2 Å². The van der Waals surface area contributed by atoms with Crippen molar-refractivity contribution < 1.29 is 9.53 Å². The lowest BCUT2D eigenvalue weighted by atomic mass is 9.94. The van der Waals surface area contributed by atoms with Crippen LogP contribution in [0, 0.1) is 11.8 Å². The number of carbonyl (C=O) groups excluding carboxylic acids is 1. The number of hydrogen-bond acceptors (Lipinski definition) is 3. The fraction of sp³-hybridized carbons (Fsp3) is 0.533. The molecule has 1 amide bonds. The van der Waals surface area contributed by atoms with Gasteiger partial charge in [-0.15, -0.1) is 0 Å². The van der Waals surface area contributed by atoms with Crippen molar-refractivity contribution in [3.8, 4) is 5.75 Å². The first kappa shape index (κ1) is 12.5. The third kappa shape index (κ3) is 2.21. The van der Waals surface area contributed by atoms with Gasteiger partial charge in [0.1, 0.15) is 12.4 Å². The Hall–Kier alpha value is -1.55. The number of nitrogens with two attached hydrogens (primary N) is 1. The lowest BCUT2D eigenvalue weighted by molar-refractivity contribution is -0.123. The maximum Gasteiger partial charge on any atom is 0.230 e. The summed E-state index contributed by atoms with van der Waals surface area (Å²) in [4.78, 5) is 14.6. The van der Waals surface area contributed by atoms with Crippen LogP contribution in [0.1, 0.15) is 19.3 Å². The van der Waals surface area contributed by atoms with Crippen LogP contribution in [0.2, 0.25) is 0 Å². The number of amides is 1.